The summed E-state index contributed by atoms with van der Waals surface area (Å²) in [7, 11) is 0. The van der Waals surface area contributed by atoms with E-state index in [1.165, 1.54) is 17.0 Å². The summed E-state index contributed by atoms with van der Waals surface area (Å²) < 4.78 is 11.6. The quantitative estimate of drug-likeness (QED) is 0.253. The molecular formula is C41H52N4O9. The first kappa shape index (κ1) is 39.1. The number of fused-ring (bicyclic) bond motifs is 2. The molecule has 0 spiro atoms. The summed E-state index contributed by atoms with van der Waals surface area (Å²) in [5.41, 5.74) is 2.58. The number of Topliss-reactive ketones (excluding diaryl/α,β-unsaturated/α-hetero) is 2. The molecule has 4 fully saturated rings. The summed E-state index contributed by atoms with van der Waals surface area (Å²) in [6.07, 6.45) is 1.71. The standard InChI is InChI=1S/C41H52N4O9/c1-24(2)20-29(34(49)43-39-17-6-8-33(39)53-22-31(39)47)45(36(51)26-11-13-27(14-12-26)38(3,4)5)30(21-25-9-15-28(46)16-10-25)35(50)44-40-18-7-19-41(40,37(42)52)54-23-32(40)48/h9-16,24,29-30,33,46H,6-8,17-23H2,1-5H3,(H2,42,52)(H,43,49)(H,44,50). The van der Waals surface area contributed by atoms with Crippen LogP contribution in [0.2, 0.25) is 0 Å². The number of primary amides is 1. The highest BCUT2D eigenvalue weighted by Gasteiger charge is 2.69. The Morgan fingerprint density at radius 1 is 0.889 bits per heavy atom. The minimum Gasteiger partial charge on any atom is -0.508 e. The number of benzene rings is 2. The first-order chi connectivity index (χ1) is 25.4. The lowest BCUT2D eigenvalue weighted by Crippen LogP contribution is -2.70. The lowest BCUT2D eigenvalue weighted by atomic mass is 9.80. The first-order valence-corrected chi connectivity index (χ1v) is 18.9. The average molecular weight is 745 g/mol. The Morgan fingerprint density at radius 2 is 1.56 bits per heavy atom. The molecule has 2 heterocycles. The fourth-order valence-electron chi connectivity index (χ4n) is 8.89. The van der Waals surface area contributed by atoms with Crippen LogP contribution >= 0.6 is 0 Å². The van der Waals surface area contributed by atoms with Crippen LogP contribution in [0.15, 0.2) is 48.5 Å². The van der Waals surface area contributed by atoms with E-state index < -0.39 is 70.9 Å². The molecule has 2 saturated carbocycles. The second-order valence-electron chi connectivity index (χ2n) is 16.8. The summed E-state index contributed by atoms with van der Waals surface area (Å²) in [5, 5.41) is 16.0. The van der Waals surface area contributed by atoms with Gasteiger partial charge in [-0.05, 0) is 91.7 Å². The van der Waals surface area contributed by atoms with Crippen molar-refractivity contribution in [1.29, 1.82) is 0 Å². The molecule has 290 valence electrons. The normalized spacial score (nSPS) is 27.3. The summed E-state index contributed by atoms with van der Waals surface area (Å²) >= 11 is 0. The molecule has 2 aromatic carbocycles. The zero-order valence-electron chi connectivity index (χ0n) is 31.7. The largest absolute Gasteiger partial charge is 0.508 e. The highest BCUT2D eigenvalue weighted by Crippen LogP contribution is 2.47. The third-order valence-corrected chi connectivity index (χ3v) is 11.8. The van der Waals surface area contributed by atoms with Crippen molar-refractivity contribution in [3.63, 3.8) is 0 Å². The topological polar surface area (TPSA) is 194 Å². The zero-order chi connectivity index (χ0) is 39.2. The average Bonchev–Trinajstić information content (AvgIpc) is 3.85. The molecular weight excluding hydrogens is 692 g/mol. The van der Waals surface area contributed by atoms with E-state index in [1.807, 2.05) is 46.8 Å². The molecule has 0 radical (unpaired) electrons. The lowest BCUT2D eigenvalue weighted by Gasteiger charge is -2.42. The van der Waals surface area contributed by atoms with Crippen LogP contribution in [0.3, 0.4) is 0 Å². The van der Waals surface area contributed by atoms with Crippen molar-refractivity contribution in [2.24, 2.45) is 11.7 Å². The SMILES string of the molecule is CC(C)CC(C(=O)NC12CCCC1OCC2=O)N(C(=O)c1ccc(C(C)(C)C)cc1)C(Cc1ccc(O)cc1)C(=O)NC12CCCC1(C(N)=O)OCC2=O. The first-order valence-electron chi connectivity index (χ1n) is 18.9. The van der Waals surface area contributed by atoms with Gasteiger partial charge in [-0.25, -0.2) is 0 Å². The van der Waals surface area contributed by atoms with E-state index in [0.717, 1.165) is 5.56 Å². The third-order valence-electron chi connectivity index (χ3n) is 11.8. The summed E-state index contributed by atoms with van der Waals surface area (Å²) in [5.74, 6) is -3.81. The number of nitrogens with zero attached hydrogens (tertiary/aromatic N) is 1. The van der Waals surface area contributed by atoms with Crippen LogP contribution in [0.1, 0.15) is 101 Å². The molecule has 54 heavy (non-hydrogen) atoms. The van der Waals surface area contributed by atoms with E-state index in [1.54, 1.807) is 24.3 Å². The second kappa shape index (κ2) is 14.6. The second-order valence-corrected chi connectivity index (χ2v) is 16.8. The Morgan fingerprint density at radius 3 is 2.19 bits per heavy atom. The number of hydrogen-bond donors (Lipinski definition) is 4. The highest BCUT2D eigenvalue weighted by molar-refractivity contribution is 6.07. The number of phenols is 1. The predicted octanol–water partition coefficient (Wildman–Crippen LogP) is 3.03. The van der Waals surface area contributed by atoms with Crippen LogP contribution in [-0.4, -0.2) is 93.3 Å². The number of ether oxygens (including phenoxy) is 2. The van der Waals surface area contributed by atoms with Crippen LogP contribution in [0, 0.1) is 5.92 Å². The van der Waals surface area contributed by atoms with Crippen LogP contribution in [0.25, 0.3) is 0 Å². The number of amides is 4. The van der Waals surface area contributed by atoms with E-state index in [4.69, 9.17) is 15.2 Å². The molecule has 2 saturated heterocycles. The van der Waals surface area contributed by atoms with Crippen molar-refractivity contribution in [2.45, 2.75) is 126 Å². The molecule has 6 atom stereocenters. The number of rotatable bonds is 12. The van der Waals surface area contributed by atoms with Crippen LogP contribution in [0.4, 0.5) is 0 Å². The smallest absolute Gasteiger partial charge is 0.255 e. The van der Waals surface area contributed by atoms with Gasteiger partial charge in [0.15, 0.2) is 17.2 Å². The van der Waals surface area contributed by atoms with E-state index in [9.17, 15) is 24.3 Å². The van der Waals surface area contributed by atoms with Gasteiger partial charge in [0.2, 0.25) is 11.8 Å². The number of nitrogens with two attached hydrogens (primary N) is 1. The van der Waals surface area contributed by atoms with Gasteiger partial charge in [0.05, 0.1) is 6.10 Å². The third kappa shape index (κ3) is 6.81. The molecule has 2 aliphatic heterocycles. The van der Waals surface area contributed by atoms with Gasteiger partial charge in [-0.2, -0.15) is 0 Å². The van der Waals surface area contributed by atoms with Gasteiger partial charge in [0.25, 0.3) is 11.8 Å². The molecule has 4 aliphatic rings. The van der Waals surface area contributed by atoms with Gasteiger partial charge in [-0.15, -0.1) is 0 Å². The van der Waals surface area contributed by atoms with Crippen molar-refractivity contribution in [2.75, 3.05) is 13.2 Å². The van der Waals surface area contributed by atoms with Crippen LogP contribution < -0.4 is 16.4 Å². The van der Waals surface area contributed by atoms with Crippen LogP contribution in [-0.2, 0) is 45.3 Å². The fraction of sp³-hybridized carbons (Fsp3) is 0.561. The maximum atomic E-state index is 15.1. The molecule has 6 unspecified atom stereocenters. The van der Waals surface area contributed by atoms with E-state index >= 15 is 9.59 Å². The van der Waals surface area contributed by atoms with Gasteiger partial charge < -0.3 is 35.8 Å². The minimum absolute atomic E-state index is 0.0118. The van der Waals surface area contributed by atoms with Crippen molar-refractivity contribution in [3.8, 4) is 5.75 Å². The number of hydrogen-bond acceptors (Lipinski definition) is 9. The number of carbonyl (C=O) groups excluding carboxylic acids is 6. The van der Waals surface area contributed by atoms with E-state index in [2.05, 4.69) is 10.6 Å². The Labute approximate surface area is 315 Å². The Bertz CT molecular complexity index is 1820. The van der Waals surface area contributed by atoms with Gasteiger partial charge in [-0.3, -0.25) is 28.8 Å². The zero-order valence-corrected chi connectivity index (χ0v) is 31.7. The van der Waals surface area contributed by atoms with Crippen molar-refractivity contribution >= 4 is 35.2 Å². The maximum absolute atomic E-state index is 15.1. The predicted molar refractivity (Wildman–Crippen MR) is 197 cm³/mol. The van der Waals surface area contributed by atoms with Crippen molar-refractivity contribution in [3.05, 3.63) is 65.2 Å². The number of phenolic OH excluding ortho intramolecular Hbond substituents is 1. The number of aromatic hydroxyl groups is 1. The van der Waals surface area contributed by atoms with Gasteiger partial charge in [0.1, 0.15) is 42.1 Å². The maximum Gasteiger partial charge on any atom is 0.255 e. The summed E-state index contributed by atoms with van der Waals surface area (Å²) in [4.78, 5) is 86.2. The number of ketones is 2. The molecule has 5 N–H and O–H groups in total. The lowest BCUT2D eigenvalue weighted by molar-refractivity contribution is -0.146. The summed E-state index contributed by atoms with van der Waals surface area (Å²) in [6.45, 7) is 9.37. The molecule has 2 aromatic rings. The van der Waals surface area contributed by atoms with Crippen LogP contribution in [0.5, 0.6) is 5.75 Å². The molecule has 0 bridgehead atoms. The molecule has 2 aliphatic carbocycles. The monoisotopic (exact) mass is 744 g/mol. The van der Waals surface area contributed by atoms with Crippen molar-refractivity contribution in [1.82, 2.24) is 15.5 Å². The molecule has 4 amide bonds. The molecule has 6 rings (SSSR count). The number of nitrogens with one attached hydrogen (secondary N) is 2. The molecule has 0 aromatic heterocycles. The minimum atomic E-state index is -1.77. The highest BCUT2D eigenvalue weighted by atomic mass is 16.5. The molecule has 13 nitrogen and oxygen atoms in total. The van der Waals surface area contributed by atoms with Gasteiger partial charge in [-0.1, -0.05) is 58.9 Å². The Hall–Kier alpha value is -4.62. The van der Waals surface area contributed by atoms with Crippen molar-refractivity contribution < 1.29 is 43.3 Å². The Balaban J connectivity index is 1.49. The fourth-order valence-corrected chi connectivity index (χ4v) is 8.89. The van der Waals surface area contributed by atoms with E-state index in [0.29, 0.717) is 31.2 Å². The molecule has 13 heteroatoms. The number of carbonyl (C=O) groups is 6. The summed E-state index contributed by atoms with van der Waals surface area (Å²) in [6, 6.07) is 10.4. The Kier molecular flexibility index (Phi) is 10.5. The van der Waals surface area contributed by atoms with Gasteiger partial charge in [0, 0.05) is 12.0 Å². The van der Waals surface area contributed by atoms with Gasteiger partial charge >= 0.3 is 0 Å². The van der Waals surface area contributed by atoms with E-state index in [-0.39, 0.29) is 60.7 Å².